The van der Waals surface area contributed by atoms with Crippen molar-refractivity contribution in [3.8, 4) is 5.75 Å². The van der Waals surface area contributed by atoms with E-state index in [9.17, 15) is 28.5 Å². The molecular weight excluding hydrogens is 388 g/mol. The van der Waals surface area contributed by atoms with Gasteiger partial charge in [-0.05, 0) is 36.2 Å². The third kappa shape index (κ3) is 7.53. The zero-order valence-corrected chi connectivity index (χ0v) is 15.3. The molecule has 0 fully saturated rings. The molecule has 2 aromatic carbocycles. The number of nitro groups is 1. The normalized spacial score (nSPS) is 10.4. The quantitative estimate of drug-likeness (QED) is 0.465. The van der Waals surface area contributed by atoms with Crippen LogP contribution >= 0.6 is 0 Å². The van der Waals surface area contributed by atoms with Gasteiger partial charge in [-0.25, -0.2) is 0 Å². The molecule has 8 nitrogen and oxygen atoms in total. The molecule has 29 heavy (non-hydrogen) atoms. The smallest absolute Gasteiger partial charge is 0.387 e. The SMILES string of the molecule is O=C(CCNC(=O)c1ccc([N+](=O)[O-])cc1)NCCc1ccc(OC(F)F)cc1. The molecule has 0 saturated carbocycles. The van der Waals surface area contributed by atoms with Gasteiger partial charge in [0.1, 0.15) is 5.75 Å². The average Bonchev–Trinajstić information content (AvgIpc) is 2.69. The second-order valence-electron chi connectivity index (χ2n) is 5.93. The monoisotopic (exact) mass is 407 g/mol. The molecule has 10 heteroatoms. The van der Waals surface area contributed by atoms with Crippen LogP contribution in [0.2, 0.25) is 0 Å². The fraction of sp³-hybridized carbons (Fsp3) is 0.263. The fourth-order valence-corrected chi connectivity index (χ4v) is 2.40. The molecule has 154 valence electrons. The highest BCUT2D eigenvalue weighted by Crippen LogP contribution is 2.15. The molecule has 2 N–H and O–H groups in total. The third-order valence-corrected chi connectivity index (χ3v) is 3.86. The Balaban J connectivity index is 1.65. The highest BCUT2D eigenvalue weighted by atomic mass is 19.3. The second kappa shape index (κ2) is 10.7. The Morgan fingerprint density at radius 2 is 1.66 bits per heavy atom. The number of nitrogens with one attached hydrogen (secondary N) is 2. The van der Waals surface area contributed by atoms with E-state index in [0.29, 0.717) is 13.0 Å². The summed E-state index contributed by atoms with van der Waals surface area (Å²) in [7, 11) is 0. The van der Waals surface area contributed by atoms with Crippen molar-refractivity contribution < 1.29 is 28.0 Å². The van der Waals surface area contributed by atoms with Crippen molar-refractivity contribution in [3.05, 3.63) is 69.8 Å². The van der Waals surface area contributed by atoms with Crippen LogP contribution in [0.4, 0.5) is 14.5 Å². The number of ether oxygens (including phenoxy) is 1. The summed E-state index contributed by atoms with van der Waals surface area (Å²) in [6, 6.07) is 11.3. The van der Waals surface area contributed by atoms with Crippen LogP contribution in [0.1, 0.15) is 22.3 Å². The van der Waals surface area contributed by atoms with Crippen LogP contribution < -0.4 is 15.4 Å². The van der Waals surface area contributed by atoms with E-state index in [4.69, 9.17) is 0 Å². The van der Waals surface area contributed by atoms with Gasteiger partial charge in [0.25, 0.3) is 11.6 Å². The number of alkyl halides is 2. The topological polar surface area (TPSA) is 111 Å². The lowest BCUT2D eigenvalue weighted by Gasteiger charge is -2.08. The van der Waals surface area contributed by atoms with E-state index in [1.807, 2.05) is 0 Å². The lowest BCUT2D eigenvalue weighted by atomic mass is 10.1. The minimum atomic E-state index is -2.87. The lowest BCUT2D eigenvalue weighted by Crippen LogP contribution is -2.31. The summed E-state index contributed by atoms with van der Waals surface area (Å²) in [5.41, 5.74) is 0.991. The van der Waals surface area contributed by atoms with E-state index < -0.39 is 17.4 Å². The molecule has 2 rings (SSSR count). The minimum Gasteiger partial charge on any atom is -0.435 e. The Morgan fingerprint density at radius 1 is 1.00 bits per heavy atom. The van der Waals surface area contributed by atoms with Gasteiger partial charge < -0.3 is 15.4 Å². The first-order valence-corrected chi connectivity index (χ1v) is 8.68. The number of carbonyl (C=O) groups is 2. The zero-order chi connectivity index (χ0) is 21.2. The van der Waals surface area contributed by atoms with E-state index in [0.717, 1.165) is 5.56 Å². The predicted octanol–water partition coefficient (Wildman–Crippen LogP) is 2.68. The fourth-order valence-electron chi connectivity index (χ4n) is 2.40. The van der Waals surface area contributed by atoms with Crippen molar-refractivity contribution in [2.45, 2.75) is 19.5 Å². The zero-order valence-electron chi connectivity index (χ0n) is 15.3. The summed E-state index contributed by atoms with van der Waals surface area (Å²) in [5.74, 6) is -0.623. The first-order valence-electron chi connectivity index (χ1n) is 8.68. The van der Waals surface area contributed by atoms with Crippen LogP contribution in [-0.2, 0) is 11.2 Å². The van der Waals surface area contributed by atoms with E-state index in [1.54, 1.807) is 12.1 Å². The summed E-state index contributed by atoms with van der Waals surface area (Å²) in [5, 5.41) is 15.8. The Labute approximate surface area is 165 Å². The van der Waals surface area contributed by atoms with Gasteiger partial charge in [0.15, 0.2) is 0 Å². The van der Waals surface area contributed by atoms with Crippen molar-refractivity contribution >= 4 is 17.5 Å². The van der Waals surface area contributed by atoms with Gasteiger partial charge in [-0.3, -0.25) is 19.7 Å². The highest BCUT2D eigenvalue weighted by Gasteiger charge is 2.10. The van der Waals surface area contributed by atoms with Gasteiger partial charge >= 0.3 is 6.61 Å². The van der Waals surface area contributed by atoms with Crippen molar-refractivity contribution in [2.24, 2.45) is 0 Å². The number of nitrogens with zero attached hydrogens (tertiary/aromatic N) is 1. The number of benzene rings is 2. The summed E-state index contributed by atoms with van der Waals surface area (Å²) in [4.78, 5) is 33.8. The maximum Gasteiger partial charge on any atom is 0.387 e. The van der Waals surface area contributed by atoms with Gasteiger partial charge in [0, 0.05) is 37.2 Å². The molecule has 2 aromatic rings. The molecule has 0 atom stereocenters. The first kappa shape index (κ1) is 21.7. The number of nitro benzene ring substituents is 1. The number of hydrogen-bond acceptors (Lipinski definition) is 5. The molecule has 0 unspecified atom stereocenters. The van der Waals surface area contributed by atoms with Gasteiger partial charge in [-0.2, -0.15) is 8.78 Å². The molecule has 0 heterocycles. The predicted molar refractivity (Wildman–Crippen MR) is 99.8 cm³/mol. The number of rotatable bonds is 10. The van der Waals surface area contributed by atoms with Crippen molar-refractivity contribution in [1.29, 1.82) is 0 Å². The number of carbonyl (C=O) groups excluding carboxylic acids is 2. The largest absolute Gasteiger partial charge is 0.435 e. The third-order valence-electron chi connectivity index (χ3n) is 3.86. The molecule has 0 aliphatic heterocycles. The van der Waals surface area contributed by atoms with Crippen molar-refractivity contribution in [2.75, 3.05) is 13.1 Å². The molecule has 0 aromatic heterocycles. The Morgan fingerprint density at radius 3 is 2.24 bits per heavy atom. The Kier molecular flexibility index (Phi) is 8.01. The molecular formula is C19H19F2N3O5. The van der Waals surface area contributed by atoms with Crippen LogP contribution in [-0.4, -0.2) is 36.4 Å². The molecule has 0 radical (unpaired) electrons. The molecule has 0 saturated heterocycles. The van der Waals surface area contributed by atoms with Crippen LogP contribution in [0.3, 0.4) is 0 Å². The standard InChI is InChI=1S/C19H19F2N3O5/c20-19(21)29-16-7-1-13(2-8-16)9-11-22-17(25)10-12-23-18(26)14-3-5-15(6-4-14)24(27)28/h1-8,19H,9-12H2,(H,22,25)(H,23,26). The Bertz CT molecular complexity index is 842. The van der Waals surface area contributed by atoms with Gasteiger partial charge in [0.05, 0.1) is 4.92 Å². The van der Waals surface area contributed by atoms with Crippen LogP contribution in [0.25, 0.3) is 0 Å². The average molecular weight is 407 g/mol. The van der Waals surface area contributed by atoms with E-state index in [1.165, 1.54) is 36.4 Å². The van der Waals surface area contributed by atoms with Crippen LogP contribution in [0.5, 0.6) is 5.75 Å². The molecule has 2 amide bonds. The number of amides is 2. The van der Waals surface area contributed by atoms with Gasteiger partial charge in [-0.1, -0.05) is 12.1 Å². The van der Waals surface area contributed by atoms with Crippen molar-refractivity contribution in [1.82, 2.24) is 10.6 Å². The minimum absolute atomic E-state index is 0.0662. The highest BCUT2D eigenvalue weighted by molar-refractivity contribution is 5.94. The molecule has 0 bridgehead atoms. The summed E-state index contributed by atoms with van der Waals surface area (Å²) >= 11 is 0. The summed E-state index contributed by atoms with van der Waals surface area (Å²) < 4.78 is 28.4. The molecule has 0 aliphatic rings. The van der Waals surface area contributed by atoms with Crippen molar-refractivity contribution in [3.63, 3.8) is 0 Å². The van der Waals surface area contributed by atoms with E-state index in [-0.39, 0.29) is 35.9 Å². The summed E-state index contributed by atoms with van der Waals surface area (Å²) in [6.45, 7) is -2.41. The first-order chi connectivity index (χ1) is 13.8. The Hall–Kier alpha value is -3.56. The number of hydrogen-bond donors (Lipinski definition) is 2. The van der Waals surface area contributed by atoms with Gasteiger partial charge in [-0.15, -0.1) is 0 Å². The second-order valence-corrected chi connectivity index (χ2v) is 5.93. The molecule has 0 spiro atoms. The summed E-state index contributed by atoms with van der Waals surface area (Å²) in [6.07, 6.45) is 0.579. The van der Waals surface area contributed by atoms with E-state index >= 15 is 0 Å². The number of halogens is 2. The van der Waals surface area contributed by atoms with Gasteiger partial charge in [0.2, 0.25) is 5.91 Å². The maximum absolute atomic E-state index is 12.1. The van der Waals surface area contributed by atoms with Crippen LogP contribution in [0.15, 0.2) is 48.5 Å². The molecule has 0 aliphatic carbocycles. The van der Waals surface area contributed by atoms with Crippen LogP contribution in [0, 0.1) is 10.1 Å². The lowest BCUT2D eigenvalue weighted by molar-refractivity contribution is -0.384. The number of non-ortho nitro benzene ring substituents is 1. The maximum atomic E-state index is 12.1. The van der Waals surface area contributed by atoms with E-state index in [2.05, 4.69) is 15.4 Å².